The average Bonchev–Trinajstić information content (AvgIpc) is 2.84. The number of H-pyrrole nitrogens is 1. The van der Waals surface area contributed by atoms with Gasteiger partial charge >= 0.3 is 0 Å². The Balaban J connectivity index is 1.95. The van der Waals surface area contributed by atoms with Crippen LogP contribution in [0.2, 0.25) is 0 Å². The maximum absolute atomic E-state index is 12.6. The first-order valence-electron chi connectivity index (χ1n) is 6.52. The zero-order chi connectivity index (χ0) is 13.4. The van der Waals surface area contributed by atoms with E-state index in [9.17, 15) is 4.79 Å². The number of morpholine rings is 1. The fourth-order valence-corrected chi connectivity index (χ4v) is 2.45. The molecule has 2 aromatic rings. The summed E-state index contributed by atoms with van der Waals surface area (Å²) in [5.74, 6) is -0.0277. The van der Waals surface area contributed by atoms with E-state index in [1.807, 2.05) is 43.0 Å². The van der Waals surface area contributed by atoms with Crippen molar-refractivity contribution in [1.82, 2.24) is 15.1 Å². The van der Waals surface area contributed by atoms with Crippen LogP contribution in [-0.2, 0) is 4.74 Å². The zero-order valence-corrected chi connectivity index (χ0v) is 11.1. The van der Waals surface area contributed by atoms with E-state index in [0.717, 1.165) is 10.9 Å². The number of benzene rings is 1. The van der Waals surface area contributed by atoms with Crippen LogP contribution in [0.5, 0.6) is 0 Å². The molecule has 3 rings (SSSR count). The van der Waals surface area contributed by atoms with Crippen LogP contribution in [0, 0.1) is 0 Å². The molecule has 2 heterocycles. The van der Waals surface area contributed by atoms with Crippen molar-refractivity contribution >= 4 is 16.8 Å². The Morgan fingerprint density at radius 2 is 2.21 bits per heavy atom. The number of ether oxygens (including phenoxy) is 1. The van der Waals surface area contributed by atoms with Crippen molar-refractivity contribution in [2.45, 2.75) is 26.0 Å². The van der Waals surface area contributed by atoms with E-state index >= 15 is 0 Å². The summed E-state index contributed by atoms with van der Waals surface area (Å²) < 4.78 is 5.55. The Labute approximate surface area is 111 Å². The molecule has 1 fully saturated rings. The Bertz CT molecular complexity index is 608. The van der Waals surface area contributed by atoms with E-state index in [1.54, 1.807) is 0 Å². The minimum atomic E-state index is -0.0277. The summed E-state index contributed by atoms with van der Waals surface area (Å²) in [7, 11) is 0. The lowest BCUT2D eigenvalue weighted by Crippen LogP contribution is -2.50. The number of nitrogens with one attached hydrogen (secondary N) is 1. The monoisotopic (exact) mass is 259 g/mol. The summed E-state index contributed by atoms with van der Waals surface area (Å²) in [5.41, 5.74) is 1.39. The number of carbonyl (C=O) groups excluding carboxylic acids is 1. The summed E-state index contributed by atoms with van der Waals surface area (Å²) in [6.07, 6.45) is 0.0744. The fraction of sp³-hybridized carbons (Fsp3) is 0.429. The summed E-state index contributed by atoms with van der Waals surface area (Å²) in [4.78, 5) is 14.5. The van der Waals surface area contributed by atoms with Gasteiger partial charge in [-0.05, 0) is 19.9 Å². The molecule has 0 aliphatic carbocycles. The topological polar surface area (TPSA) is 58.2 Å². The molecule has 0 spiro atoms. The van der Waals surface area contributed by atoms with E-state index in [4.69, 9.17) is 4.74 Å². The van der Waals surface area contributed by atoms with Gasteiger partial charge in [0, 0.05) is 11.9 Å². The van der Waals surface area contributed by atoms with Crippen LogP contribution in [-0.4, -0.2) is 46.3 Å². The molecule has 1 saturated heterocycles. The van der Waals surface area contributed by atoms with Crippen LogP contribution in [0.1, 0.15) is 24.3 Å². The van der Waals surface area contributed by atoms with Gasteiger partial charge in [-0.3, -0.25) is 9.89 Å². The molecule has 2 unspecified atom stereocenters. The van der Waals surface area contributed by atoms with E-state index in [-0.39, 0.29) is 18.1 Å². The van der Waals surface area contributed by atoms with Crippen molar-refractivity contribution in [3.63, 3.8) is 0 Å². The number of hydrogen-bond acceptors (Lipinski definition) is 3. The van der Waals surface area contributed by atoms with Crippen LogP contribution in [0.3, 0.4) is 0 Å². The van der Waals surface area contributed by atoms with Gasteiger partial charge in [-0.1, -0.05) is 18.2 Å². The Morgan fingerprint density at radius 3 is 3.05 bits per heavy atom. The predicted molar refractivity (Wildman–Crippen MR) is 72.0 cm³/mol. The molecule has 5 heteroatoms. The molecule has 5 nitrogen and oxygen atoms in total. The van der Waals surface area contributed by atoms with Crippen LogP contribution in [0.15, 0.2) is 24.3 Å². The SMILES string of the molecule is CC1CN(C(=O)c2n[nH]c3ccccc23)C(C)CO1. The highest BCUT2D eigenvalue weighted by Gasteiger charge is 2.30. The molecular formula is C14H17N3O2. The number of rotatable bonds is 1. The van der Waals surface area contributed by atoms with Crippen molar-refractivity contribution < 1.29 is 9.53 Å². The number of amides is 1. The third-order valence-electron chi connectivity index (χ3n) is 3.54. The number of aromatic amines is 1. The van der Waals surface area contributed by atoms with E-state index in [2.05, 4.69) is 10.2 Å². The van der Waals surface area contributed by atoms with E-state index in [0.29, 0.717) is 18.8 Å². The van der Waals surface area contributed by atoms with Gasteiger partial charge in [-0.15, -0.1) is 0 Å². The molecule has 19 heavy (non-hydrogen) atoms. The lowest BCUT2D eigenvalue weighted by Gasteiger charge is -2.36. The van der Waals surface area contributed by atoms with Gasteiger partial charge in [0.25, 0.3) is 5.91 Å². The van der Waals surface area contributed by atoms with Crippen molar-refractivity contribution in [2.24, 2.45) is 0 Å². The van der Waals surface area contributed by atoms with Crippen molar-refractivity contribution in [3.05, 3.63) is 30.0 Å². The molecule has 100 valence electrons. The number of hydrogen-bond donors (Lipinski definition) is 1. The lowest BCUT2D eigenvalue weighted by atomic mass is 10.1. The largest absolute Gasteiger partial charge is 0.375 e. The quantitative estimate of drug-likeness (QED) is 0.849. The van der Waals surface area contributed by atoms with Crippen molar-refractivity contribution in [3.8, 4) is 0 Å². The second-order valence-corrected chi connectivity index (χ2v) is 5.07. The molecule has 1 N–H and O–H groups in total. The molecule has 0 radical (unpaired) electrons. The average molecular weight is 259 g/mol. The van der Waals surface area contributed by atoms with Crippen molar-refractivity contribution in [2.75, 3.05) is 13.2 Å². The molecule has 0 saturated carbocycles. The van der Waals surface area contributed by atoms with Crippen LogP contribution >= 0.6 is 0 Å². The fourth-order valence-electron chi connectivity index (χ4n) is 2.45. The Kier molecular flexibility index (Phi) is 2.98. The molecule has 1 aliphatic heterocycles. The maximum atomic E-state index is 12.6. The first kappa shape index (κ1) is 12.2. The van der Waals surface area contributed by atoms with Crippen LogP contribution in [0.25, 0.3) is 10.9 Å². The highest BCUT2D eigenvalue weighted by Crippen LogP contribution is 2.20. The minimum Gasteiger partial charge on any atom is -0.375 e. The summed E-state index contributed by atoms with van der Waals surface area (Å²) in [6.45, 7) is 5.17. The third kappa shape index (κ3) is 2.10. The van der Waals surface area contributed by atoms with Gasteiger partial charge in [-0.2, -0.15) is 5.10 Å². The van der Waals surface area contributed by atoms with Gasteiger partial charge in [-0.25, -0.2) is 0 Å². The number of aromatic nitrogens is 2. The molecular weight excluding hydrogens is 242 g/mol. The minimum absolute atomic E-state index is 0.0277. The van der Waals surface area contributed by atoms with Gasteiger partial charge < -0.3 is 9.64 Å². The maximum Gasteiger partial charge on any atom is 0.275 e. The van der Waals surface area contributed by atoms with Gasteiger partial charge in [0.15, 0.2) is 5.69 Å². The molecule has 1 aromatic heterocycles. The summed E-state index contributed by atoms with van der Waals surface area (Å²) >= 11 is 0. The normalized spacial score (nSPS) is 23.8. The summed E-state index contributed by atoms with van der Waals surface area (Å²) in [5, 5.41) is 7.95. The highest BCUT2D eigenvalue weighted by molar-refractivity contribution is 6.04. The molecule has 1 aromatic carbocycles. The van der Waals surface area contributed by atoms with Gasteiger partial charge in [0.2, 0.25) is 0 Å². The number of para-hydroxylation sites is 1. The number of carbonyl (C=O) groups is 1. The third-order valence-corrected chi connectivity index (χ3v) is 3.54. The van der Waals surface area contributed by atoms with E-state index < -0.39 is 0 Å². The predicted octanol–water partition coefficient (Wildman–Crippen LogP) is 1.81. The smallest absolute Gasteiger partial charge is 0.275 e. The Hall–Kier alpha value is -1.88. The molecule has 0 bridgehead atoms. The zero-order valence-electron chi connectivity index (χ0n) is 11.1. The number of fused-ring (bicyclic) bond motifs is 1. The van der Waals surface area contributed by atoms with E-state index in [1.165, 1.54) is 0 Å². The Morgan fingerprint density at radius 1 is 1.42 bits per heavy atom. The van der Waals surface area contributed by atoms with Gasteiger partial charge in [0.1, 0.15) is 0 Å². The molecule has 2 atom stereocenters. The van der Waals surface area contributed by atoms with Gasteiger partial charge in [0.05, 0.1) is 24.3 Å². The highest BCUT2D eigenvalue weighted by atomic mass is 16.5. The summed E-state index contributed by atoms with van der Waals surface area (Å²) in [6, 6.07) is 7.76. The first-order valence-corrected chi connectivity index (χ1v) is 6.52. The second kappa shape index (κ2) is 4.66. The van der Waals surface area contributed by atoms with Crippen LogP contribution < -0.4 is 0 Å². The molecule has 1 aliphatic rings. The number of nitrogens with zero attached hydrogens (tertiary/aromatic N) is 2. The second-order valence-electron chi connectivity index (χ2n) is 5.07. The van der Waals surface area contributed by atoms with Crippen LogP contribution in [0.4, 0.5) is 0 Å². The molecule has 1 amide bonds. The lowest BCUT2D eigenvalue weighted by molar-refractivity contribution is -0.0388. The standard InChI is InChI=1S/C14H17N3O2/c1-9-8-19-10(2)7-17(9)14(18)13-11-5-3-4-6-12(11)15-16-13/h3-6,9-10H,7-8H2,1-2H3,(H,15,16). The first-order chi connectivity index (χ1) is 9.16. The van der Waals surface area contributed by atoms with Crippen molar-refractivity contribution in [1.29, 1.82) is 0 Å².